The van der Waals surface area contributed by atoms with Gasteiger partial charge in [0.25, 0.3) is 5.91 Å². The Bertz CT molecular complexity index is 1140. The van der Waals surface area contributed by atoms with Crippen LogP contribution in [0.25, 0.3) is 0 Å². The number of amides is 1. The zero-order chi connectivity index (χ0) is 21.4. The van der Waals surface area contributed by atoms with Gasteiger partial charge in [-0.05, 0) is 43.0 Å². The topological polar surface area (TPSA) is 116 Å². The number of nitriles is 1. The van der Waals surface area contributed by atoms with Crippen molar-refractivity contribution in [3.8, 4) is 6.07 Å². The fourth-order valence-electron chi connectivity index (χ4n) is 4.11. The highest BCUT2D eigenvalue weighted by Crippen LogP contribution is 2.30. The molecule has 4 rings (SSSR count). The highest BCUT2D eigenvalue weighted by molar-refractivity contribution is 7.79. The summed E-state index contributed by atoms with van der Waals surface area (Å²) < 4.78 is 20.0. The second-order valence-electron chi connectivity index (χ2n) is 7.48. The molecule has 1 atom stereocenters. The molecule has 1 saturated heterocycles. The predicted octanol–water partition coefficient (Wildman–Crippen LogP) is 2.41. The Morgan fingerprint density at radius 3 is 2.50 bits per heavy atom. The maximum atomic E-state index is 13.0. The van der Waals surface area contributed by atoms with Gasteiger partial charge >= 0.3 is 0 Å². The summed E-state index contributed by atoms with van der Waals surface area (Å²) in [5.41, 5.74) is 1.12. The van der Waals surface area contributed by atoms with Crippen LogP contribution in [0.15, 0.2) is 36.4 Å². The maximum Gasteiger partial charge on any atom is 0.253 e. The minimum Gasteiger partial charge on any atom is -0.339 e. The zero-order valence-electron chi connectivity index (χ0n) is 16.0. The number of piperidine rings is 1. The van der Waals surface area contributed by atoms with Gasteiger partial charge in [-0.25, -0.2) is 4.21 Å². The Labute approximate surface area is 175 Å². The summed E-state index contributed by atoms with van der Waals surface area (Å²) in [4.78, 5) is 40.5. The van der Waals surface area contributed by atoms with Crippen LogP contribution in [-0.2, 0) is 11.1 Å². The van der Waals surface area contributed by atoms with E-state index >= 15 is 0 Å². The number of benzene rings is 2. The number of carbonyl (C=O) groups excluding carboxylic acids is 3. The van der Waals surface area contributed by atoms with Crippen LogP contribution in [0.3, 0.4) is 0 Å². The van der Waals surface area contributed by atoms with E-state index < -0.39 is 16.9 Å². The van der Waals surface area contributed by atoms with Crippen molar-refractivity contribution in [2.24, 2.45) is 5.92 Å². The molecule has 0 bridgehead atoms. The number of carbonyl (C=O) groups is 3. The van der Waals surface area contributed by atoms with E-state index in [0.29, 0.717) is 31.5 Å². The first kappa shape index (κ1) is 20.1. The molecule has 0 spiro atoms. The van der Waals surface area contributed by atoms with Gasteiger partial charge in [0.05, 0.1) is 22.9 Å². The van der Waals surface area contributed by atoms with Crippen molar-refractivity contribution in [2.45, 2.75) is 12.8 Å². The van der Waals surface area contributed by atoms with Crippen LogP contribution in [0.1, 0.15) is 60.6 Å². The molecule has 2 aromatic rings. The molecule has 1 unspecified atom stereocenters. The Morgan fingerprint density at radius 2 is 1.83 bits per heavy atom. The van der Waals surface area contributed by atoms with E-state index in [4.69, 9.17) is 4.55 Å². The lowest BCUT2D eigenvalue weighted by Gasteiger charge is -2.31. The van der Waals surface area contributed by atoms with Crippen molar-refractivity contribution >= 4 is 28.6 Å². The molecule has 2 aromatic carbocycles. The van der Waals surface area contributed by atoms with E-state index in [0.717, 1.165) is 0 Å². The first-order chi connectivity index (χ1) is 14.4. The third-order valence-electron chi connectivity index (χ3n) is 5.69. The Morgan fingerprint density at radius 1 is 1.10 bits per heavy atom. The lowest BCUT2D eigenvalue weighted by molar-refractivity contribution is 0.0698. The molecule has 152 valence electrons. The minimum absolute atomic E-state index is 0.105. The summed E-state index contributed by atoms with van der Waals surface area (Å²) in [5.74, 6) is -0.697. The minimum atomic E-state index is -1.84. The fourth-order valence-corrected chi connectivity index (χ4v) is 4.85. The largest absolute Gasteiger partial charge is 0.339 e. The van der Waals surface area contributed by atoms with Crippen molar-refractivity contribution in [2.75, 3.05) is 18.8 Å². The van der Waals surface area contributed by atoms with Gasteiger partial charge in [0, 0.05) is 35.3 Å². The van der Waals surface area contributed by atoms with Gasteiger partial charge in [-0.3, -0.25) is 14.4 Å². The van der Waals surface area contributed by atoms with Gasteiger partial charge in [0.2, 0.25) is 0 Å². The van der Waals surface area contributed by atoms with E-state index in [2.05, 4.69) is 0 Å². The molecule has 1 N–H and O–H groups in total. The number of rotatable bonds is 3. The van der Waals surface area contributed by atoms with Gasteiger partial charge in [0.1, 0.15) is 0 Å². The lowest BCUT2D eigenvalue weighted by atomic mass is 9.81. The van der Waals surface area contributed by atoms with Crippen LogP contribution in [-0.4, -0.2) is 50.0 Å². The van der Waals surface area contributed by atoms with E-state index in [1.807, 2.05) is 6.07 Å². The van der Waals surface area contributed by atoms with E-state index in [-0.39, 0.29) is 51.2 Å². The van der Waals surface area contributed by atoms with Crippen LogP contribution in [0.5, 0.6) is 0 Å². The number of fused-ring (bicyclic) bond motifs is 2. The first-order valence-electron chi connectivity index (χ1n) is 9.54. The van der Waals surface area contributed by atoms with Crippen molar-refractivity contribution in [3.05, 3.63) is 69.8 Å². The fraction of sp³-hybridized carbons (Fsp3) is 0.273. The van der Waals surface area contributed by atoms with Crippen LogP contribution in [0.4, 0.5) is 0 Å². The second-order valence-corrected chi connectivity index (χ2v) is 8.46. The van der Waals surface area contributed by atoms with Crippen molar-refractivity contribution in [3.63, 3.8) is 0 Å². The predicted molar refractivity (Wildman–Crippen MR) is 109 cm³/mol. The number of nitrogens with zero attached hydrogens (tertiary/aromatic N) is 2. The molecule has 8 heteroatoms. The monoisotopic (exact) mass is 422 g/mol. The molecule has 1 heterocycles. The molecule has 2 aliphatic rings. The molecule has 0 radical (unpaired) electrons. The van der Waals surface area contributed by atoms with E-state index in [1.54, 1.807) is 11.0 Å². The number of likely N-dealkylation sites (tertiary alicyclic amines) is 1. The average Bonchev–Trinajstić information content (AvgIpc) is 2.76. The first-order valence-corrected chi connectivity index (χ1v) is 10.8. The van der Waals surface area contributed by atoms with Gasteiger partial charge in [-0.1, -0.05) is 12.1 Å². The Balaban J connectivity index is 1.60. The standard InChI is InChI=1S/C22H18N2O5S/c23-11-15-2-1-3-17-19(15)21(26)16-5-4-14(10-18(16)20(17)25)22(27)24-8-6-13(7-9-24)12-30(28)29/h1-5,10,13H,6-9,12H2,(H,28,29). The molecule has 1 aliphatic heterocycles. The summed E-state index contributed by atoms with van der Waals surface area (Å²) >= 11 is -1.84. The van der Waals surface area contributed by atoms with E-state index in [9.17, 15) is 23.9 Å². The SMILES string of the molecule is N#Cc1cccc2c1C(=O)c1ccc(C(=O)N3CCC(CS(=O)O)CC3)cc1C2=O. The highest BCUT2D eigenvalue weighted by atomic mass is 32.2. The summed E-state index contributed by atoms with van der Waals surface area (Å²) in [6.07, 6.45) is 1.29. The van der Waals surface area contributed by atoms with Crippen molar-refractivity contribution in [1.82, 2.24) is 4.90 Å². The Kier molecular flexibility index (Phi) is 5.33. The molecule has 0 aromatic heterocycles. The number of ketones is 2. The molecule has 1 aliphatic carbocycles. The molecule has 1 amide bonds. The number of hydrogen-bond acceptors (Lipinski definition) is 5. The lowest BCUT2D eigenvalue weighted by Crippen LogP contribution is -2.39. The summed E-state index contributed by atoms with van der Waals surface area (Å²) in [5, 5.41) is 9.28. The quantitative estimate of drug-likeness (QED) is 0.648. The van der Waals surface area contributed by atoms with Gasteiger partial charge in [0.15, 0.2) is 22.6 Å². The van der Waals surface area contributed by atoms with Gasteiger partial charge < -0.3 is 9.45 Å². The normalized spacial score (nSPS) is 17.1. The van der Waals surface area contributed by atoms with E-state index in [1.165, 1.54) is 30.3 Å². The maximum absolute atomic E-state index is 13.0. The van der Waals surface area contributed by atoms with Gasteiger partial charge in [-0.2, -0.15) is 5.26 Å². The van der Waals surface area contributed by atoms with Crippen LogP contribution in [0.2, 0.25) is 0 Å². The smallest absolute Gasteiger partial charge is 0.253 e. The number of hydrogen-bond donors (Lipinski definition) is 1. The van der Waals surface area contributed by atoms with Crippen LogP contribution < -0.4 is 0 Å². The average molecular weight is 422 g/mol. The Hall–Kier alpha value is -3.15. The summed E-state index contributed by atoms with van der Waals surface area (Å²) in [6, 6.07) is 11.0. The molecule has 1 fully saturated rings. The molecule has 7 nitrogen and oxygen atoms in total. The zero-order valence-corrected chi connectivity index (χ0v) is 16.8. The summed E-state index contributed by atoms with van der Waals surface area (Å²) in [7, 11) is 0. The van der Waals surface area contributed by atoms with Crippen molar-refractivity contribution < 1.29 is 23.1 Å². The van der Waals surface area contributed by atoms with Crippen LogP contribution >= 0.6 is 0 Å². The molecule has 0 saturated carbocycles. The summed E-state index contributed by atoms with van der Waals surface area (Å²) in [6.45, 7) is 0.943. The molecular weight excluding hydrogens is 404 g/mol. The van der Waals surface area contributed by atoms with Gasteiger partial charge in [-0.15, -0.1) is 0 Å². The van der Waals surface area contributed by atoms with Crippen molar-refractivity contribution in [1.29, 1.82) is 5.26 Å². The molecule has 30 heavy (non-hydrogen) atoms. The third kappa shape index (κ3) is 3.47. The molecular formula is C22H18N2O5S. The second kappa shape index (κ2) is 7.94. The third-order valence-corrected chi connectivity index (χ3v) is 6.45. The highest BCUT2D eigenvalue weighted by Gasteiger charge is 2.33. The van der Waals surface area contributed by atoms with Crippen LogP contribution in [0, 0.1) is 17.2 Å².